The van der Waals surface area contributed by atoms with Crippen LogP contribution < -0.4 is 0 Å². The van der Waals surface area contributed by atoms with Crippen LogP contribution in [0, 0.1) is 0 Å². The van der Waals surface area contributed by atoms with Crippen LogP contribution >= 0.6 is 35.0 Å². The molecule has 8 heteroatoms. The van der Waals surface area contributed by atoms with Gasteiger partial charge in [0, 0.05) is 27.8 Å². The van der Waals surface area contributed by atoms with Crippen molar-refractivity contribution < 1.29 is 9.90 Å². The first-order valence-electron chi connectivity index (χ1n) is 6.65. The molecule has 1 aromatic heterocycles. The molecule has 1 aromatic carbocycles. The van der Waals surface area contributed by atoms with Gasteiger partial charge in [0.25, 0.3) is 0 Å². The average molecular weight is 358 g/mol. The maximum absolute atomic E-state index is 12.2. The molecule has 3 rings (SSSR count). The third-order valence-corrected chi connectivity index (χ3v) is 5.60. The normalized spacial score (nSPS) is 21.0. The lowest BCUT2D eigenvalue weighted by atomic mass is 9.87. The highest BCUT2D eigenvalue weighted by Crippen LogP contribution is 2.42. The number of nitrogens with zero attached hydrogens (tertiary/aromatic N) is 3. The minimum atomic E-state index is -1.46. The van der Waals surface area contributed by atoms with Gasteiger partial charge in [-0.15, -0.1) is 11.8 Å². The summed E-state index contributed by atoms with van der Waals surface area (Å²) in [6.45, 7) is 0.0950. The molecule has 2 atom stereocenters. The van der Waals surface area contributed by atoms with E-state index in [1.165, 1.54) is 29.1 Å². The van der Waals surface area contributed by atoms with Gasteiger partial charge in [-0.2, -0.15) is 5.10 Å². The maximum Gasteiger partial charge on any atom is 0.149 e. The van der Waals surface area contributed by atoms with Crippen LogP contribution in [0.3, 0.4) is 0 Å². The van der Waals surface area contributed by atoms with E-state index >= 15 is 0 Å². The van der Waals surface area contributed by atoms with Gasteiger partial charge in [-0.3, -0.25) is 4.79 Å². The summed E-state index contributed by atoms with van der Waals surface area (Å²) >= 11 is 13.6. The monoisotopic (exact) mass is 357 g/mol. The molecule has 0 aliphatic carbocycles. The van der Waals surface area contributed by atoms with Gasteiger partial charge in [-0.05, 0) is 12.1 Å². The molecule has 116 valence electrons. The summed E-state index contributed by atoms with van der Waals surface area (Å²) in [5, 5.41) is 15.6. The van der Waals surface area contributed by atoms with Crippen molar-refractivity contribution in [1.29, 1.82) is 0 Å². The largest absolute Gasteiger partial charge is 0.382 e. The van der Waals surface area contributed by atoms with Crippen LogP contribution in [0.25, 0.3) is 0 Å². The second-order valence-corrected chi connectivity index (χ2v) is 7.17. The third-order valence-electron chi connectivity index (χ3n) is 3.63. The van der Waals surface area contributed by atoms with E-state index in [-0.39, 0.29) is 12.3 Å². The van der Waals surface area contributed by atoms with Crippen LogP contribution in [0.2, 0.25) is 10.0 Å². The van der Waals surface area contributed by atoms with Crippen LogP contribution in [-0.2, 0) is 16.9 Å². The van der Waals surface area contributed by atoms with E-state index in [1.54, 1.807) is 18.2 Å². The molecule has 1 aliphatic heterocycles. The lowest BCUT2D eigenvalue weighted by molar-refractivity contribution is -0.123. The number of carbonyl (C=O) groups is 1. The molecule has 0 bridgehead atoms. The fraction of sp³-hybridized carbons (Fsp3) is 0.357. The average Bonchev–Trinajstić information content (AvgIpc) is 3.10. The van der Waals surface area contributed by atoms with Crippen LogP contribution in [0.15, 0.2) is 30.9 Å². The number of Topliss-reactive ketones (excluding diaryl/α,β-unsaturated/α-hetero) is 1. The van der Waals surface area contributed by atoms with Gasteiger partial charge in [0.15, 0.2) is 0 Å². The van der Waals surface area contributed by atoms with Crippen molar-refractivity contribution in [2.24, 2.45) is 0 Å². The molecule has 2 aromatic rings. The number of ketones is 1. The van der Waals surface area contributed by atoms with E-state index in [9.17, 15) is 9.90 Å². The van der Waals surface area contributed by atoms with Crippen LogP contribution in [0.4, 0.5) is 0 Å². The van der Waals surface area contributed by atoms with E-state index < -0.39 is 10.9 Å². The van der Waals surface area contributed by atoms with Crippen molar-refractivity contribution in [3.63, 3.8) is 0 Å². The Balaban J connectivity index is 2.07. The zero-order valence-electron chi connectivity index (χ0n) is 11.4. The van der Waals surface area contributed by atoms with E-state index in [0.717, 1.165) is 0 Å². The lowest BCUT2D eigenvalue weighted by Crippen LogP contribution is -2.44. The van der Waals surface area contributed by atoms with Gasteiger partial charge >= 0.3 is 0 Å². The Labute approximate surface area is 141 Å². The molecule has 2 heterocycles. The molecule has 1 saturated heterocycles. The number of carbonyl (C=O) groups excluding carboxylic acids is 1. The first-order valence-corrected chi connectivity index (χ1v) is 8.46. The summed E-state index contributed by atoms with van der Waals surface area (Å²) < 4.78 is 1.50. The molecule has 1 fully saturated rings. The molecular weight excluding hydrogens is 345 g/mol. The van der Waals surface area contributed by atoms with Crippen molar-refractivity contribution in [2.45, 2.75) is 23.8 Å². The smallest absolute Gasteiger partial charge is 0.149 e. The Morgan fingerprint density at radius 1 is 1.45 bits per heavy atom. The molecule has 1 N–H and O–H groups in total. The number of aliphatic hydroxyl groups is 1. The number of thioether (sulfide) groups is 1. The van der Waals surface area contributed by atoms with Crippen molar-refractivity contribution in [3.05, 3.63) is 46.5 Å². The fourth-order valence-electron chi connectivity index (χ4n) is 2.62. The van der Waals surface area contributed by atoms with Gasteiger partial charge in [-0.25, -0.2) is 9.67 Å². The number of hydrogen-bond donors (Lipinski definition) is 1. The second kappa shape index (κ2) is 6.20. The van der Waals surface area contributed by atoms with Crippen LogP contribution in [0.5, 0.6) is 0 Å². The number of benzene rings is 1. The van der Waals surface area contributed by atoms with Crippen molar-refractivity contribution in [2.75, 3.05) is 5.75 Å². The first kappa shape index (κ1) is 15.8. The molecule has 5 nitrogen and oxygen atoms in total. The number of hydrogen-bond acceptors (Lipinski definition) is 5. The zero-order valence-corrected chi connectivity index (χ0v) is 13.8. The standard InChI is InChI=1S/C14H13Cl2N3O2S/c15-9-1-2-10(11(16)5-9)14(21,6-19-8-17-7-18-19)13-12(20)3-4-22-13/h1-2,5,7-8,13,21H,3-4,6H2/t13-,14-/m0/s1. The minimum Gasteiger partial charge on any atom is -0.382 e. The molecule has 0 radical (unpaired) electrons. The molecule has 22 heavy (non-hydrogen) atoms. The van der Waals surface area contributed by atoms with Crippen LogP contribution in [-0.4, -0.2) is 36.7 Å². The Bertz CT molecular complexity index is 695. The van der Waals surface area contributed by atoms with Crippen molar-refractivity contribution in [1.82, 2.24) is 14.8 Å². The summed E-state index contributed by atoms with van der Waals surface area (Å²) in [6.07, 6.45) is 3.33. The number of halogens is 2. The van der Waals surface area contributed by atoms with E-state index in [0.29, 0.717) is 27.8 Å². The molecule has 1 aliphatic rings. The third kappa shape index (κ3) is 2.88. The number of rotatable bonds is 4. The van der Waals surface area contributed by atoms with Gasteiger partial charge in [0.05, 0.1) is 11.8 Å². The second-order valence-electron chi connectivity index (χ2n) is 5.11. The topological polar surface area (TPSA) is 68.0 Å². The predicted molar refractivity (Wildman–Crippen MR) is 86.3 cm³/mol. The molecule has 0 amide bonds. The molecule has 0 unspecified atom stereocenters. The maximum atomic E-state index is 12.2. The highest BCUT2D eigenvalue weighted by molar-refractivity contribution is 8.01. The summed E-state index contributed by atoms with van der Waals surface area (Å²) in [5.74, 6) is 0.701. The van der Waals surface area contributed by atoms with Gasteiger partial charge in [-0.1, -0.05) is 29.3 Å². The summed E-state index contributed by atoms with van der Waals surface area (Å²) in [7, 11) is 0. The summed E-state index contributed by atoms with van der Waals surface area (Å²) in [4.78, 5) is 16.1. The van der Waals surface area contributed by atoms with E-state index in [2.05, 4.69) is 10.1 Å². The highest BCUT2D eigenvalue weighted by atomic mass is 35.5. The lowest BCUT2D eigenvalue weighted by Gasteiger charge is -2.33. The minimum absolute atomic E-state index is 0.0126. The van der Waals surface area contributed by atoms with Gasteiger partial charge < -0.3 is 5.11 Å². The Morgan fingerprint density at radius 3 is 2.86 bits per heavy atom. The number of aromatic nitrogens is 3. The molecular formula is C14H13Cl2N3O2S. The first-order chi connectivity index (χ1) is 10.5. The SMILES string of the molecule is O=C1CCS[C@@H]1[C@](O)(Cn1cncn1)c1ccc(Cl)cc1Cl. The fourth-order valence-corrected chi connectivity index (χ4v) is 4.52. The highest BCUT2D eigenvalue weighted by Gasteiger charge is 2.47. The molecule has 0 spiro atoms. The zero-order chi connectivity index (χ0) is 15.7. The Morgan fingerprint density at radius 2 is 2.27 bits per heavy atom. The Kier molecular flexibility index (Phi) is 4.45. The molecule has 0 saturated carbocycles. The summed E-state index contributed by atoms with van der Waals surface area (Å²) in [5.41, 5.74) is -0.991. The predicted octanol–water partition coefficient (Wildman–Crippen LogP) is 2.55. The van der Waals surface area contributed by atoms with Gasteiger partial charge in [0.1, 0.15) is 24.0 Å². The van der Waals surface area contributed by atoms with E-state index in [4.69, 9.17) is 23.2 Å². The van der Waals surface area contributed by atoms with Crippen LogP contribution in [0.1, 0.15) is 12.0 Å². The Hall–Kier alpha value is -1.08. The quantitative estimate of drug-likeness (QED) is 0.910. The van der Waals surface area contributed by atoms with E-state index in [1.807, 2.05) is 0 Å². The van der Waals surface area contributed by atoms with Crippen molar-refractivity contribution >= 4 is 40.7 Å². The van der Waals surface area contributed by atoms with Gasteiger partial charge in [0.2, 0.25) is 0 Å². The summed E-state index contributed by atoms with van der Waals surface area (Å²) in [6, 6.07) is 4.88. The van der Waals surface area contributed by atoms with Crippen molar-refractivity contribution in [3.8, 4) is 0 Å².